The summed E-state index contributed by atoms with van der Waals surface area (Å²) in [5, 5.41) is 8.85. The summed E-state index contributed by atoms with van der Waals surface area (Å²) >= 11 is 0. The molecule has 104 valence electrons. The van der Waals surface area contributed by atoms with Gasteiger partial charge in [-0.05, 0) is 6.42 Å². The van der Waals surface area contributed by atoms with Gasteiger partial charge in [0, 0.05) is 38.9 Å². The maximum atomic E-state index is 11.9. The van der Waals surface area contributed by atoms with Gasteiger partial charge in [0.1, 0.15) is 0 Å². The minimum atomic E-state index is -0.889. The van der Waals surface area contributed by atoms with Gasteiger partial charge in [-0.2, -0.15) is 0 Å². The van der Waals surface area contributed by atoms with Crippen LogP contribution in [0.2, 0.25) is 0 Å². The highest BCUT2D eigenvalue weighted by Crippen LogP contribution is 2.18. The Morgan fingerprint density at radius 3 is 2.37 bits per heavy atom. The Bertz CT molecular complexity index is 418. The van der Waals surface area contributed by atoms with Gasteiger partial charge in [-0.25, -0.2) is 0 Å². The van der Waals surface area contributed by atoms with E-state index in [0.717, 1.165) is 4.90 Å². The Morgan fingerprint density at radius 2 is 1.84 bits per heavy atom. The number of carboxylic acid groups (broad SMARTS) is 1. The highest BCUT2D eigenvalue weighted by molar-refractivity contribution is 6.02. The molecule has 2 heterocycles. The van der Waals surface area contributed by atoms with E-state index < -0.39 is 11.9 Å². The zero-order valence-electron chi connectivity index (χ0n) is 10.5. The first-order valence-electron chi connectivity index (χ1n) is 6.33. The van der Waals surface area contributed by atoms with Crippen LogP contribution in [0.25, 0.3) is 0 Å². The second kappa shape index (κ2) is 5.38. The molecule has 0 aromatic carbocycles. The third kappa shape index (κ3) is 2.91. The fourth-order valence-electron chi connectivity index (χ4n) is 2.43. The van der Waals surface area contributed by atoms with Gasteiger partial charge in [0.2, 0.25) is 17.7 Å². The minimum absolute atomic E-state index is 0.0732. The van der Waals surface area contributed by atoms with E-state index in [1.165, 1.54) is 4.90 Å². The molecule has 2 rings (SSSR count). The van der Waals surface area contributed by atoms with Crippen LogP contribution in [-0.4, -0.2) is 58.2 Å². The third-order valence-corrected chi connectivity index (χ3v) is 3.59. The molecule has 2 saturated heterocycles. The number of amides is 3. The number of carbonyl (C=O) groups excluding carboxylic acids is 3. The Labute approximate surface area is 110 Å². The summed E-state index contributed by atoms with van der Waals surface area (Å²) in [6, 6.07) is 0. The van der Waals surface area contributed by atoms with Crippen LogP contribution in [0.3, 0.4) is 0 Å². The van der Waals surface area contributed by atoms with Crippen molar-refractivity contribution >= 4 is 23.7 Å². The largest absolute Gasteiger partial charge is 0.481 e. The van der Waals surface area contributed by atoms with Gasteiger partial charge in [0.05, 0.1) is 5.92 Å². The Balaban J connectivity index is 1.81. The average molecular weight is 268 g/mol. The summed E-state index contributed by atoms with van der Waals surface area (Å²) in [6.07, 6.45) is 0.974. The monoisotopic (exact) mass is 268 g/mol. The lowest BCUT2D eigenvalue weighted by molar-refractivity contribution is -0.141. The molecule has 7 heteroatoms. The van der Waals surface area contributed by atoms with Crippen molar-refractivity contribution in [2.75, 3.05) is 19.6 Å². The number of hydrogen-bond acceptors (Lipinski definition) is 4. The SMILES string of the molecule is O=C(O)C1CCN(C(=O)CCN2C(=O)CCC2=O)C1. The smallest absolute Gasteiger partial charge is 0.308 e. The summed E-state index contributed by atoms with van der Waals surface area (Å²) in [7, 11) is 0. The summed E-state index contributed by atoms with van der Waals surface area (Å²) in [5.41, 5.74) is 0. The van der Waals surface area contributed by atoms with E-state index in [4.69, 9.17) is 5.11 Å². The van der Waals surface area contributed by atoms with Crippen molar-refractivity contribution in [1.82, 2.24) is 9.80 Å². The lowest BCUT2D eigenvalue weighted by atomic mass is 10.1. The molecule has 3 amide bonds. The van der Waals surface area contributed by atoms with E-state index in [2.05, 4.69) is 0 Å². The molecule has 0 aromatic rings. The molecule has 2 aliphatic rings. The van der Waals surface area contributed by atoms with Gasteiger partial charge >= 0.3 is 5.97 Å². The first-order chi connectivity index (χ1) is 8.99. The molecule has 0 radical (unpaired) electrons. The predicted octanol–water partition coefficient (Wildman–Crippen LogP) is -0.541. The molecule has 19 heavy (non-hydrogen) atoms. The highest BCUT2D eigenvalue weighted by Gasteiger charge is 2.32. The zero-order valence-corrected chi connectivity index (χ0v) is 10.5. The van der Waals surface area contributed by atoms with Crippen LogP contribution in [0.15, 0.2) is 0 Å². The Hall–Kier alpha value is -1.92. The summed E-state index contributed by atoms with van der Waals surface area (Å²) in [6.45, 7) is 0.749. The first-order valence-corrected chi connectivity index (χ1v) is 6.33. The molecule has 0 aromatic heterocycles. The van der Waals surface area contributed by atoms with E-state index in [9.17, 15) is 19.2 Å². The van der Waals surface area contributed by atoms with E-state index in [0.29, 0.717) is 13.0 Å². The molecule has 2 aliphatic heterocycles. The number of hydrogen-bond donors (Lipinski definition) is 1. The quantitative estimate of drug-likeness (QED) is 0.691. The molecule has 0 saturated carbocycles. The van der Waals surface area contributed by atoms with Crippen LogP contribution < -0.4 is 0 Å². The highest BCUT2D eigenvalue weighted by atomic mass is 16.4. The maximum Gasteiger partial charge on any atom is 0.308 e. The normalized spacial score (nSPS) is 23.3. The molecule has 1 N–H and O–H groups in total. The number of carbonyl (C=O) groups is 4. The number of aliphatic carboxylic acids is 1. The number of imide groups is 1. The Morgan fingerprint density at radius 1 is 1.21 bits per heavy atom. The number of rotatable bonds is 4. The molecule has 2 fully saturated rings. The van der Waals surface area contributed by atoms with Gasteiger partial charge in [-0.15, -0.1) is 0 Å². The van der Waals surface area contributed by atoms with Crippen LogP contribution in [0.1, 0.15) is 25.7 Å². The van der Waals surface area contributed by atoms with Gasteiger partial charge in [0.25, 0.3) is 0 Å². The van der Waals surface area contributed by atoms with E-state index in [1.807, 2.05) is 0 Å². The molecule has 7 nitrogen and oxygen atoms in total. The minimum Gasteiger partial charge on any atom is -0.481 e. The number of nitrogens with zero attached hydrogens (tertiary/aromatic N) is 2. The van der Waals surface area contributed by atoms with Crippen molar-refractivity contribution in [3.63, 3.8) is 0 Å². The molecule has 1 unspecified atom stereocenters. The summed E-state index contributed by atoms with van der Waals surface area (Å²) in [4.78, 5) is 48.0. The van der Waals surface area contributed by atoms with Crippen LogP contribution >= 0.6 is 0 Å². The van der Waals surface area contributed by atoms with Gasteiger partial charge < -0.3 is 10.0 Å². The average Bonchev–Trinajstić information content (AvgIpc) is 2.95. The fraction of sp³-hybridized carbons (Fsp3) is 0.667. The van der Waals surface area contributed by atoms with Gasteiger partial charge in [-0.3, -0.25) is 24.1 Å². The van der Waals surface area contributed by atoms with Crippen molar-refractivity contribution in [2.45, 2.75) is 25.7 Å². The topological polar surface area (TPSA) is 95.0 Å². The number of carboxylic acids is 1. The van der Waals surface area contributed by atoms with Crippen LogP contribution in [-0.2, 0) is 19.2 Å². The molecule has 0 aliphatic carbocycles. The standard InChI is InChI=1S/C12H16N2O5/c15-9(13-5-3-8(7-13)12(18)19)4-6-14-10(16)1-2-11(14)17/h8H,1-7H2,(H,18,19). The van der Waals surface area contributed by atoms with Crippen molar-refractivity contribution in [2.24, 2.45) is 5.92 Å². The van der Waals surface area contributed by atoms with E-state index in [-0.39, 0.29) is 50.1 Å². The second-order valence-corrected chi connectivity index (χ2v) is 4.85. The molecular weight excluding hydrogens is 252 g/mol. The van der Waals surface area contributed by atoms with Crippen molar-refractivity contribution in [1.29, 1.82) is 0 Å². The van der Waals surface area contributed by atoms with Crippen molar-refractivity contribution < 1.29 is 24.3 Å². The van der Waals surface area contributed by atoms with Crippen molar-refractivity contribution in [3.8, 4) is 0 Å². The predicted molar refractivity (Wildman–Crippen MR) is 62.9 cm³/mol. The molecular formula is C12H16N2O5. The van der Waals surface area contributed by atoms with E-state index >= 15 is 0 Å². The van der Waals surface area contributed by atoms with Gasteiger partial charge in [0.15, 0.2) is 0 Å². The molecule has 0 spiro atoms. The van der Waals surface area contributed by atoms with Crippen molar-refractivity contribution in [3.05, 3.63) is 0 Å². The van der Waals surface area contributed by atoms with Gasteiger partial charge in [-0.1, -0.05) is 0 Å². The van der Waals surface area contributed by atoms with E-state index in [1.54, 1.807) is 0 Å². The molecule has 0 bridgehead atoms. The lowest BCUT2D eigenvalue weighted by Crippen LogP contribution is -2.36. The third-order valence-electron chi connectivity index (χ3n) is 3.59. The number of likely N-dealkylation sites (tertiary alicyclic amines) is 2. The zero-order chi connectivity index (χ0) is 14.0. The van der Waals surface area contributed by atoms with Crippen LogP contribution in [0.5, 0.6) is 0 Å². The van der Waals surface area contributed by atoms with Crippen LogP contribution in [0, 0.1) is 5.92 Å². The second-order valence-electron chi connectivity index (χ2n) is 4.85. The summed E-state index contributed by atoms with van der Waals surface area (Å²) < 4.78 is 0. The molecule has 1 atom stereocenters. The lowest BCUT2D eigenvalue weighted by Gasteiger charge is -2.18. The Kier molecular flexibility index (Phi) is 3.82. The first kappa shape index (κ1) is 13.5. The fourth-order valence-corrected chi connectivity index (χ4v) is 2.43. The summed E-state index contributed by atoms with van der Waals surface area (Å²) in [5.74, 6) is -2.05. The maximum absolute atomic E-state index is 11.9. The van der Waals surface area contributed by atoms with Crippen LogP contribution in [0.4, 0.5) is 0 Å².